The van der Waals surface area contributed by atoms with E-state index in [1.54, 1.807) is 0 Å². The third kappa shape index (κ3) is 3.27. The van der Waals surface area contributed by atoms with Gasteiger partial charge in [0.15, 0.2) is 6.61 Å². The molecule has 0 heterocycles. The standard InChI is InChI=1S/C12H16O3/c1-3-5-10-7-4-6-9(2)12(10)15-8-11(13)14/h4,6-7H,3,5,8H2,1-2H3,(H,13,14). The highest BCUT2D eigenvalue weighted by Gasteiger charge is 2.07. The maximum absolute atomic E-state index is 10.4. The average Bonchev–Trinajstić information content (AvgIpc) is 2.17. The molecule has 1 aromatic rings. The fourth-order valence-corrected chi connectivity index (χ4v) is 1.52. The van der Waals surface area contributed by atoms with Crippen LogP contribution in [0.15, 0.2) is 18.2 Å². The van der Waals surface area contributed by atoms with Crippen LogP contribution in [0.4, 0.5) is 0 Å². The monoisotopic (exact) mass is 208 g/mol. The number of carboxylic acid groups (broad SMARTS) is 1. The van der Waals surface area contributed by atoms with Crippen LogP contribution in [-0.4, -0.2) is 17.7 Å². The lowest BCUT2D eigenvalue weighted by Gasteiger charge is -2.11. The summed E-state index contributed by atoms with van der Waals surface area (Å²) >= 11 is 0. The predicted molar refractivity (Wildman–Crippen MR) is 58.3 cm³/mol. The summed E-state index contributed by atoms with van der Waals surface area (Å²) in [5.41, 5.74) is 2.07. The Morgan fingerprint density at radius 3 is 2.80 bits per heavy atom. The third-order valence-electron chi connectivity index (χ3n) is 2.15. The van der Waals surface area contributed by atoms with Gasteiger partial charge in [0.1, 0.15) is 5.75 Å². The van der Waals surface area contributed by atoms with Crippen molar-refractivity contribution in [3.63, 3.8) is 0 Å². The van der Waals surface area contributed by atoms with Crippen molar-refractivity contribution in [3.8, 4) is 5.75 Å². The molecule has 0 aromatic heterocycles. The summed E-state index contributed by atoms with van der Waals surface area (Å²) in [6.07, 6.45) is 1.93. The Bertz CT molecular complexity index is 345. The third-order valence-corrected chi connectivity index (χ3v) is 2.15. The van der Waals surface area contributed by atoms with Gasteiger partial charge < -0.3 is 9.84 Å². The maximum atomic E-state index is 10.4. The fraction of sp³-hybridized carbons (Fsp3) is 0.417. The molecule has 1 N–H and O–H groups in total. The topological polar surface area (TPSA) is 46.5 Å². The molecule has 0 radical (unpaired) electrons. The summed E-state index contributed by atoms with van der Waals surface area (Å²) in [6, 6.07) is 5.87. The number of carbonyl (C=O) groups is 1. The second-order valence-electron chi connectivity index (χ2n) is 3.50. The van der Waals surface area contributed by atoms with Gasteiger partial charge in [0.2, 0.25) is 0 Å². The van der Waals surface area contributed by atoms with Crippen LogP contribution in [-0.2, 0) is 11.2 Å². The van der Waals surface area contributed by atoms with E-state index in [9.17, 15) is 4.79 Å². The summed E-state index contributed by atoms with van der Waals surface area (Å²) in [5, 5.41) is 8.56. The lowest BCUT2D eigenvalue weighted by atomic mass is 10.1. The van der Waals surface area contributed by atoms with E-state index in [1.165, 1.54) is 0 Å². The minimum absolute atomic E-state index is 0.276. The first-order chi connectivity index (χ1) is 7.15. The van der Waals surface area contributed by atoms with Crippen LogP contribution in [0, 0.1) is 6.92 Å². The Morgan fingerprint density at radius 1 is 1.47 bits per heavy atom. The highest BCUT2D eigenvalue weighted by atomic mass is 16.5. The normalized spacial score (nSPS) is 10.0. The van der Waals surface area contributed by atoms with Gasteiger partial charge in [-0.1, -0.05) is 31.5 Å². The van der Waals surface area contributed by atoms with Gasteiger partial charge in [-0.3, -0.25) is 0 Å². The van der Waals surface area contributed by atoms with Gasteiger partial charge in [-0.05, 0) is 24.5 Å². The van der Waals surface area contributed by atoms with E-state index in [4.69, 9.17) is 9.84 Å². The number of aliphatic carboxylic acids is 1. The van der Waals surface area contributed by atoms with Gasteiger partial charge in [0, 0.05) is 0 Å². The Morgan fingerprint density at radius 2 is 2.20 bits per heavy atom. The van der Waals surface area contributed by atoms with Crippen molar-refractivity contribution < 1.29 is 14.6 Å². The van der Waals surface area contributed by atoms with E-state index in [1.807, 2.05) is 25.1 Å². The van der Waals surface area contributed by atoms with Crippen LogP contribution in [0.1, 0.15) is 24.5 Å². The van der Waals surface area contributed by atoms with Crippen molar-refractivity contribution in [2.75, 3.05) is 6.61 Å². The van der Waals surface area contributed by atoms with Crippen molar-refractivity contribution in [2.24, 2.45) is 0 Å². The lowest BCUT2D eigenvalue weighted by Crippen LogP contribution is -2.11. The van der Waals surface area contributed by atoms with Gasteiger partial charge in [0.25, 0.3) is 0 Å². The molecule has 0 saturated carbocycles. The molecule has 0 saturated heterocycles. The summed E-state index contributed by atoms with van der Waals surface area (Å²) < 4.78 is 5.28. The van der Waals surface area contributed by atoms with Crippen molar-refractivity contribution in [1.29, 1.82) is 0 Å². The molecule has 0 spiro atoms. The molecule has 0 aliphatic carbocycles. The zero-order chi connectivity index (χ0) is 11.3. The molecule has 0 amide bonds. The molecule has 1 rings (SSSR count). The largest absolute Gasteiger partial charge is 0.481 e. The Kier molecular flexibility index (Phi) is 4.16. The highest BCUT2D eigenvalue weighted by Crippen LogP contribution is 2.24. The molecule has 1 aromatic carbocycles. The number of benzene rings is 1. The van der Waals surface area contributed by atoms with Crippen molar-refractivity contribution in [3.05, 3.63) is 29.3 Å². The predicted octanol–water partition coefficient (Wildman–Crippen LogP) is 2.41. The van der Waals surface area contributed by atoms with Gasteiger partial charge >= 0.3 is 5.97 Å². The second kappa shape index (κ2) is 5.39. The Balaban J connectivity index is 2.86. The minimum Gasteiger partial charge on any atom is -0.481 e. The summed E-state index contributed by atoms with van der Waals surface area (Å²) in [5.74, 6) is -0.220. The lowest BCUT2D eigenvalue weighted by molar-refractivity contribution is -0.139. The molecule has 0 unspecified atom stereocenters. The molecule has 0 bridgehead atoms. The van der Waals surface area contributed by atoms with E-state index >= 15 is 0 Å². The number of aryl methyl sites for hydroxylation is 2. The highest BCUT2D eigenvalue weighted by molar-refractivity contribution is 5.68. The van der Waals surface area contributed by atoms with Crippen LogP contribution >= 0.6 is 0 Å². The van der Waals surface area contributed by atoms with Gasteiger partial charge in [0.05, 0.1) is 0 Å². The smallest absolute Gasteiger partial charge is 0.341 e. The van der Waals surface area contributed by atoms with Crippen molar-refractivity contribution in [2.45, 2.75) is 26.7 Å². The molecule has 15 heavy (non-hydrogen) atoms. The Labute approximate surface area is 89.7 Å². The zero-order valence-electron chi connectivity index (χ0n) is 9.12. The number of hydrogen-bond donors (Lipinski definition) is 1. The van der Waals surface area contributed by atoms with Crippen LogP contribution < -0.4 is 4.74 Å². The van der Waals surface area contributed by atoms with E-state index < -0.39 is 5.97 Å². The molecule has 0 atom stereocenters. The molecular weight excluding hydrogens is 192 g/mol. The summed E-state index contributed by atoms with van der Waals surface area (Å²) in [7, 11) is 0. The summed E-state index contributed by atoms with van der Waals surface area (Å²) in [6.45, 7) is 3.74. The molecule has 0 aliphatic rings. The summed E-state index contributed by atoms with van der Waals surface area (Å²) in [4.78, 5) is 10.4. The van der Waals surface area contributed by atoms with Crippen molar-refractivity contribution >= 4 is 5.97 Å². The van der Waals surface area contributed by atoms with Gasteiger partial charge in [-0.2, -0.15) is 0 Å². The fourth-order valence-electron chi connectivity index (χ4n) is 1.52. The zero-order valence-corrected chi connectivity index (χ0v) is 9.12. The molecule has 3 heteroatoms. The molecular formula is C12H16O3. The quantitative estimate of drug-likeness (QED) is 0.808. The van der Waals surface area contributed by atoms with Crippen LogP contribution in [0.2, 0.25) is 0 Å². The molecule has 3 nitrogen and oxygen atoms in total. The molecule has 0 fully saturated rings. The van der Waals surface area contributed by atoms with Crippen molar-refractivity contribution in [1.82, 2.24) is 0 Å². The van der Waals surface area contributed by atoms with E-state index in [0.717, 1.165) is 29.7 Å². The molecule has 0 aliphatic heterocycles. The first kappa shape index (κ1) is 11.6. The van der Waals surface area contributed by atoms with E-state index in [0.29, 0.717) is 0 Å². The minimum atomic E-state index is -0.944. The van der Waals surface area contributed by atoms with E-state index in [-0.39, 0.29) is 6.61 Å². The first-order valence-corrected chi connectivity index (χ1v) is 5.08. The van der Waals surface area contributed by atoms with Gasteiger partial charge in [-0.25, -0.2) is 4.79 Å². The number of hydrogen-bond acceptors (Lipinski definition) is 2. The molecule has 82 valence electrons. The Hall–Kier alpha value is -1.51. The number of rotatable bonds is 5. The average molecular weight is 208 g/mol. The van der Waals surface area contributed by atoms with Crippen LogP contribution in [0.3, 0.4) is 0 Å². The van der Waals surface area contributed by atoms with Gasteiger partial charge in [-0.15, -0.1) is 0 Å². The SMILES string of the molecule is CCCc1cccc(C)c1OCC(=O)O. The number of para-hydroxylation sites is 1. The maximum Gasteiger partial charge on any atom is 0.341 e. The van der Waals surface area contributed by atoms with Crippen LogP contribution in [0.5, 0.6) is 5.75 Å². The van der Waals surface area contributed by atoms with E-state index in [2.05, 4.69) is 6.92 Å². The van der Waals surface area contributed by atoms with Crippen LogP contribution in [0.25, 0.3) is 0 Å². The second-order valence-corrected chi connectivity index (χ2v) is 3.50. The number of ether oxygens (including phenoxy) is 1. The number of carboxylic acids is 1. The first-order valence-electron chi connectivity index (χ1n) is 5.08.